The largest absolute Gasteiger partial charge is 0.507 e. The summed E-state index contributed by atoms with van der Waals surface area (Å²) in [6.07, 6.45) is 1.47. The molecule has 0 spiro atoms. The molecule has 0 saturated heterocycles. The van der Waals surface area contributed by atoms with E-state index in [-0.39, 0.29) is 23.0 Å². The van der Waals surface area contributed by atoms with Crippen molar-refractivity contribution in [2.75, 3.05) is 14.1 Å². The molecule has 7 heteroatoms. The van der Waals surface area contributed by atoms with Crippen molar-refractivity contribution in [2.24, 2.45) is 0 Å². The van der Waals surface area contributed by atoms with Crippen LogP contribution in [-0.2, 0) is 6.54 Å². The zero-order chi connectivity index (χ0) is 18.1. The van der Waals surface area contributed by atoms with Gasteiger partial charge >= 0.3 is 0 Å². The van der Waals surface area contributed by atoms with E-state index in [0.29, 0.717) is 29.0 Å². The van der Waals surface area contributed by atoms with Crippen molar-refractivity contribution < 1.29 is 24.5 Å². The maximum Gasteiger partial charge on any atom is 0.270 e. The maximum atomic E-state index is 12.6. The molecule has 0 aliphatic carbocycles. The van der Waals surface area contributed by atoms with E-state index in [1.807, 2.05) is 14.1 Å². The number of phenolic OH excluding ortho intramolecular Hbond substituents is 1. The second kappa shape index (κ2) is 6.37. The molecular weight excluding hydrogens is 324 g/mol. The molecule has 25 heavy (non-hydrogen) atoms. The van der Waals surface area contributed by atoms with Crippen LogP contribution in [0.2, 0.25) is 0 Å². The number of Topliss-reactive ketones (excluding diaryl/α,β-unsaturated/α-hetero) is 1. The monoisotopic (exact) mass is 341 g/mol. The van der Waals surface area contributed by atoms with Crippen LogP contribution in [0.15, 0.2) is 42.2 Å². The predicted octanol–water partition coefficient (Wildman–Crippen LogP) is 1.56. The number of nitro benzene ring substituents is 1. The lowest BCUT2D eigenvalue weighted by atomic mass is 10.0. The van der Waals surface area contributed by atoms with Gasteiger partial charge in [0.1, 0.15) is 12.3 Å². The lowest BCUT2D eigenvalue weighted by molar-refractivity contribution is -0.872. The van der Waals surface area contributed by atoms with Crippen molar-refractivity contribution in [1.82, 2.24) is 0 Å². The van der Waals surface area contributed by atoms with Crippen LogP contribution >= 0.6 is 0 Å². The van der Waals surface area contributed by atoms with E-state index in [0.717, 1.165) is 4.90 Å². The van der Waals surface area contributed by atoms with Crippen molar-refractivity contribution in [2.45, 2.75) is 6.54 Å². The Labute approximate surface area is 143 Å². The van der Waals surface area contributed by atoms with Crippen LogP contribution in [0.1, 0.15) is 21.5 Å². The number of nitrogens with zero attached hydrogens (tertiary/aromatic N) is 1. The number of non-ortho nitro benzene ring substituents is 1. The van der Waals surface area contributed by atoms with Crippen molar-refractivity contribution in [1.29, 1.82) is 0 Å². The summed E-state index contributed by atoms with van der Waals surface area (Å²) >= 11 is 0. The topological polar surface area (TPSA) is 94.1 Å². The summed E-state index contributed by atoms with van der Waals surface area (Å²) in [5.74, 6) is 0.194. The van der Waals surface area contributed by atoms with Crippen molar-refractivity contribution in [3.8, 4) is 11.5 Å². The fraction of sp³-hybridized carbons (Fsp3) is 0.167. The van der Waals surface area contributed by atoms with Gasteiger partial charge in [-0.3, -0.25) is 14.9 Å². The zero-order valence-corrected chi connectivity index (χ0v) is 13.8. The number of allylic oxidation sites excluding steroid dienone is 1. The molecule has 1 aliphatic heterocycles. The van der Waals surface area contributed by atoms with Crippen LogP contribution in [0.25, 0.3) is 6.08 Å². The van der Waals surface area contributed by atoms with Crippen LogP contribution in [0, 0.1) is 10.1 Å². The van der Waals surface area contributed by atoms with Crippen LogP contribution < -0.4 is 9.64 Å². The highest BCUT2D eigenvalue weighted by Gasteiger charge is 2.32. The molecule has 1 heterocycles. The molecule has 0 aromatic heterocycles. The lowest BCUT2D eigenvalue weighted by Gasteiger charge is -2.11. The fourth-order valence-electron chi connectivity index (χ4n) is 2.70. The average molecular weight is 341 g/mol. The molecule has 0 saturated carbocycles. The number of hydrogen-bond donors (Lipinski definition) is 2. The van der Waals surface area contributed by atoms with Gasteiger partial charge in [0.15, 0.2) is 11.5 Å². The van der Waals surface area contributed by atoms with Crippen molar-refractivity contribution >= 4 is 17.5 Å². The predicted molar refractivity (Wildman–Crippen MR) is 90.7 cm³/mol. The van der Waals surface area contributed by atoms with E-state index in [4.69, 9.17) is 4.74 Å². The minimum absolute atomic E-state index is 0.0631. The van der Waals surface area contributed by atoms with Crippen molar-refractivity contribution in [3.63, 3.8) is 0 Å². The highest BCUT2D eigenvalue weighted by Crippen LogP contribution is 2.39. The Morgan fingerprint density at radius 1 is 1.28 bits per heavy atom. The van der Waals surface area contributed by atoms with Gasteiger partial charge < -0.3 is 14.7 Å². The number of fused-ring (bicyclic) bond motifs is 1. The Morgan fingerprint density at radius 3 is 2.72 bits per heavy atom. The minimum Gasteiger partial charge on any atom is -0.507 e. The first kappa shape index (κ1) is 16.7. The quantitative estimate of drug-likeness (QED) is 0.500. The van der Waals surface area contributed by atoms with Crippen LogP contribution in [0.5, 0.6) is 11.5 Å². The standard InChI is InChI=1S/C18H16N2O5/c1-19(2)10-14-15(21)7-6-13-17(22)16(25-18(13)14)9-11-4-3-5-12(8-11)20(23)24/h3-9,21H,10H2,1-2H3/p+1/b16-9+. The summed E-state index contributed by atoms with van der Waals surface area (Å²) in [6.45, 7) is 0.492. The molecule has 0 amide bonds. The molecule has 0 radical (unpaired) electrons. The third-order valence-corrected chi connectivity index (χ3v) is 3.83. The molecule has 0 atom stereocenters. The number of phenols is 1. The zero-order valence-electron chi connectivity index (χ0n) is 13.8. The Balaban J connectivity index is 2.00. The Bertz CT molecular complexity index is 902. The molecule has 0 bridgehead atoms. The summed E-state index contributed by atoms with van der Waals surface area (Å²) in [4.78, 5) is 24.0. The van der Waals surface area contributed by atoms with Gasteiger partial charge in [0.2, 0.25) is 5.78 Å². The molecular formula is C18H17N2O5+. The number of ketones is 1. The maximum absolute atomic E-state index is 12.6. The average Bonchev–Trinajstić information content (AvgIpc) is 2.87. The molecule has 128 valence electrons. The molecule has 2 aromatic rings. The summed E-state index contributed by atoms with van der Waals surface area (Å²) in [5.41, 5.74) is 1.38. The normalized spacial score (nSPS) is 14.7. The van der Waals surface area contributed by atoms with Gasteiger partial charge in [-0.05, 0) is 23.8 Å². The summed E-state index contributed by atoms with van der Waals surface area (Å²) in [6, 6.07) is 8.95. The number of benzene rings is 2. The van der Waals surface area contributed by atoms with Gasteiger partial charge in [0, 0.05) is 12.1 Å². The van der Waals surface area contributed by atoms with E-state index < -0.39 is 4.92 Å². The first-order chi connectivity index (χ1) is 11.9. The molecule has 3 rings (SSSR count). The number of carbonyl (C=O) groups is 1. The van der Waals surface area contributed by atoms with Crippen LogP contribution in [0.3, 0.4) is 0 Å². The van der Waals surface area contributed by atoms with E-state index in [9.17, 15) is 20.0 Å². The van der Waals surface area contributed by atoms with Gasteiger partial charge in [-0.1, -0.05) is 12.1 Å². The first-order valence-electron chi connectivity index (χ1n) is 7.69. The van der Waals surface area contributed by atoms with E-state index in [1.165, 1.54) is 30.3 Å². The Kier molecular flexibility index (Phi) is 4.24. The van der Waals surface area contributed by atoms with Gasteiger partial charge in [-0.25, -0.2) is 0 Å². The van der Waals surface area contributed by atoms with E-state index >= 15 is 0 Å². The first-order valence-corrected chi connectivity index (χ1v) is 7.69. The number of nitro groups is 1. The van der Waals surface area contributed by atoms with Crippen LogP contribution in [0.4, 0.5) is 5.69 Å². The van der Waals surface area contributed by atoms with E-state index in [1.54, 1.807) is 12.1 Å². The smallest absolute Gasteiger partial charge is 0.270 e. The SMILES string of the molecule is C[NH+](C)Cc1c(O)ccc2c1O/C(=C/c1cccc([N+](=O)[O-])c1)C2=O. The number of quaternary nitrogens is 1. The molecule has 0 unspecified atom stereocenters. The minimum atomic E-state index is -0.496. The third-order valence-electron chi connectivity index (χ3n) is 3.83. The summed E-state index contributed by atoms with van der Waals surface area (Å²) in [5, 5.41) is 21.0. The molecule has 2 aromatic carbocycles. The Morgan fingerprint density at radius 2 is 2.04 bits per heavy atom. The summed E-state index contributed by atoms with van der Waals surface area (Å²) in [7, 11) is 3.85. The number of nitrogens with one attached hydrogen (secondary N) is 1. The number of rotatable bonds is 4. The van der Waals surface area contributed by atoms with E-state index in [2.05, 4.69) is 0 Å². The lowest BCUT2D eigenvalue weighted by Crippen LogP contribution is -3.04. The number of aromatic hydroxyl groups is 1. The van der Waals surface area contributed by atoms with Crippen molar-refractivity contribution in [3.05, 3.63) is 69.0 Å². The molecule has 0 fully saturated rings. The molecule has 2 N–H and O–H groups in total. The number of ether oxygens (including phenoxy) is 1. The van der Waals surface area contributed by atoms with Gasteiger partial charge in [0.05, 0.1) is 30.1 Å². The second-order valence-corrected chi connectivity index (χ2v) is 6.12. The molecule has 7 nitrogen and oxygen atoms in total. The third kappa shape index (κ3) is 3.22. The summed E-state index contributed by atoms with van der Waals surface area (Å²) < 4.78 is 5.70. The fourth-order valence-corrected chi connectivity index (χ4v) is 2.70. The molecule has 1 aliphatic rings. The number of hydrogen-bond acceptors (Lipinski definition) is 5. The van der Waals surface area contributed by atoms with Gasteiger partial charge in [-0.2, -0.15) is 0 Å². The Hall–Kier alpha value is -3.19. The highest BCUT2D eigenvalue weighted by molar-refractivity contribution is 6.15. The number of carbonyl (C=O) groups excluding carboxylic acids is 1. The van der Waals surface area contributed by atoms with Gasteiger partial charge in [-0.15, -0.1) is 0 Å². The van der Waals surface area contributed by atoms with Gasteiger partial charge in [0.25, 0.3) is 5.69 Å². The van der Waals surface area contributed by atoms with Crippen LogP contribution in [-0.4, -0.2) is 29.9 Å². The second-order valence-electron chi connectivity index (χ2n) is 6.12. The highest BCUT2D eigenvalue weighted by atomic mass is 16.6.